The number of carboxylic acids is 1. The number of carbonyl (C=O) groups excluding carboxylic acids is 1. The molecule has 24 heavy (non-hydrogen) atoms. The van der Waals surface area contributed by atoms with E-state index in [4.69, 9.17) is 0 Å². The minimum absolute atomic E-state index is 0.173. The summed E-state index contributed by atoms with van der Waals surface area (Å²) in [6.07, 6.45) is 0.792. The fourth-order valence-electron chi connectivity index (χ4n) is 2.50. The fraction of sp³-hybridized carbons (Fsp3) is 0.263. The van der Waals surface area contributed by atoms with Crippen LogP contribution in [0.5, 0.6) is 0 Å². The summed E-state index contributed by atoms with van der Waals surface area (Å²) in [5, 5.41) is 12.2. The molecule has 0 fully saturated rings. The van der Waals surface area contributed by atoms with Gasteiger partial charge in [-0.05, 0) is 24.0 Å². The van der Waals surface area contributed by atoms with Crippen LogP contribution in [0.4, 0.5) is 0 Å². The molecule has 1 amide bonds. The number of thiol groups is 1. The molecule has 5 heteroatoms. The van der Waals surface area contributed by atoms with Crippen molar-refractivity contribution in [3.05, 3.63) is 71.8 Å². The molecule has 2 atom stereocenters. The van der Waals surface area contributed by atoms with E-state index < -0.39 is 17.8 Å². The lowest BCUT2D eigenvalue weighted by Gasteiger charge is -2.20. The molecule has 1 unspecified atom stereocenters. The molecule has 2 aromatic rings. The molecule has 2 rings (SSSR count). The number of benzene rings is 2. The highest BCUT2D eigenvalue weighted by Crippen LogP contribution is 2.11. The van der Waals surface area contributed by atoms with Gasteiger partial charge in [-0.15, -0.1) is 0 Å². The first-order valence-electron chi connectivity index (χ1n) is 7.82. The van der Waals surface area contributed by atoms with Gasteiger partial charge in [0.05, 0.1) is 0 Å². The van der Waals surface area contributed by atoms with Crippen molar-refractivity contribution in [2.75, 3.05) is 5.75 Å². The molecule has 2 N–H and O–H groups in total. The first-order valence-corrected chi connectivity index (χ1v) is 8.45. The van der Waals surface area contributed by atoms with E-state index in [0.717, 1.165) is 11.1 Å². The average Bonchev–Trinajstić information content (AvgIpc) is 2.60. The van der Waals surface area contributed by atoms with Crippen LogP contribution >= 0.6 is 12.6 Å². The van der Waals surface area contributed by atoms with Crippen LogP contribution in [0.3, 0.4) is 0 Å². The van der Waals surface area contributed by atoms with E-state index in [1.165, 1.54) is 0 Å². The lowest BCUT2D eigenvalue weighted by atomic mass is 9.97. The largest absolute Gasteiger partial charge is 0.481 e. The minimum atomic E-state index is -1.12. The van der Waals surface area contributed by atoms with E-state index >= 15 is 0 Å². The molecule has 0 aliphatic rings. The molecule has 0 spiro atoms. The van der Waals surface area contributed by atoms with Gasteiger partial charge in [0.2, 0.25) is 5.91 Å². The maximum atomic E-state index is 12.4. The second-order valence-electron chi connectivity index (χ2n) is 5.66. The predicted octanol–water partition coefficient (Wildman–Crippen LogP) is 2.59. The van der Waals surface area contributed by atoms with Gasteiger partial charge >= 0.3 is 5.97 Å². The van der Waals surface area contributed by atoms with Crippen molar-refractivity contribution < 1.29 is 14.7 Å². The Hall–Kier alpha value is -2.27. The van der Waals surface area contributed by atoms with Crippen molar-refractivity contribution in [3.63, 3.8) is 0 Å². The zero-order chi connectivity index (χ0) is 17.4. The van der Waals surface area contributed by atoms with Crippen LogP contribution in [-0.2, 0) is 22.4 Å². The highest BCUT2D eigenvalue weighted by molar-refractivity contribution is 7.80. The first-order chi connectivity index (χ1) is 11.6. The molecule has 0 radical (unpaired) electrons. The Bertz CT molecular complexity index is 661. The van der Waals surface area contributed by atoms with Gasteiger partial charge in [0, 0.05) is 11.8 Å². The first kappa shape index (κ1) is 18.1. The number of carboxylic acid groups (broad SMARTS) is 1. The smallest absolute Gasteiger partial charge is 0.316 e. The van der Waals surface area contributed by atoms with Crippen molar-refractivity contribution >= 4 is 24.5 Å². The summed E-state index contributed by atoms with van der Waals surface area (Å²) in [6, 6.07) is 18.7. The number of nitrogens with one attached hydrogen (secondary N) is 1. The molecule has 0 heterocycles. The van der Waals surface area contributed by atoms with Gasteiger partial charge in [-0.25, -0.2) is 0 Å². The second kappa shape index (κ2) is 9.13. The molecular formula is C19H21NO3S. The Morgan fingerprint density at radius 2 is 1.42 bits per heavy atom. The van der Waals surface area contributed by atoms with Gasteiger partial charge in [0.15, 0.2) is 0 Å². The van der Waals surface area contributed by atoms with Crippen LogP contribution in [0.15, 0.2) is 60.7 Å². The van der Waals surface area contributed by atoms with Gasteiger partial charge in [0.25, 0.3) is 0 Å². The molecule has 0 saturated heterocycles. The number of rotatable bonds is 8. The van der Waals surface area contributed by atoms with Crippen LogP contribution in [0.25, 0.3) is 0 Å². The Labute approximate surface area is 147 Å². The van der Waals surface area contributed by atoms with E-state index in [9.17, 15) is 14.7 Å². The highest BCUT2D eigenvalue weighted by atomic mass is 32.1. The summed E-state index contributed by atoms with van der Waals surface area (Å²) >= 11 is 4.28. The highest BCUT2D eigenvalue weighted by Gasteiger charge is 2.28. The average molecular weight is 343 g/mol. The van der Waals surface area contributed by atoms with Gasteiger partial charge in [-0.1, -0.05) is 60.7 Å². The molecule has 2 aromatic carbocycles. The summed E-state index contributed by atoms with van der Waals surface area (Å²) in [6.45, 7) is 0. The Balaban J connectivity index is 2.01. The van der Waals surface area contributed by atoms with E-state index in [1.807, 2.05) is 60.7 Å². The van der Waals surface area contributed by atoms with Crippen LogP contribution < -0.4 is 5.32 Å². The molecule has 0 bridgehead atoms. The SMILES string of the molecule is O=C(O)C(Cc1ccccc1)C(=O)N[C@H](CS)Cc1ccccc1. The van der Waals surface area contributed by atoms with Gasteiger partial charge < -0.3 is 10.4 Å². The van der Waals surface area contributed by atoms with Gasteiger partial charge in [-0.2, -0.15) is 12.6 Å². The normalized spacial score (nSPS) is 13.0. The lowest BCUT2D eigenvalue weighted by molar-refractivity contribution is -0.147. The summed E-state index contributed by atoms with van der Waals surface area (Å²) in [5.74, 6) is -2.25. The van der Waals surface area contributed by atoms with Crippen LogP contribution in [0, 0.1) is 5.92 Å². The standard InChI is InChI=1S/C19H21NO3S/c21-18(17(19(22)23)12-15-9-5-2-6-10-15)20-16(13-24)11-14-7-3-1-4-8-14/h1-10,16-17,24H,11-13H2,(H,20,21)(H,22,23)/t16-,17?/m0/s1. The molecule has 126 valence electrons. The lowest BCUT2D eigenvalue weighted by Crippen LogP contribution is -2.44. The Kier molecular flexibility index (Phi) is 6.88. The Morgan fingerprint density at radius 1 is 0.917 bits per heavy atom. The summed E-state index contributed by atoms with van der Waals surface area (Å²) in [4.78, 5) is 23.9. The van der Waals surface area contributed by atoms with Crippen molar-refractivity contribution in [3.8, 4) is 0 Å². The van der Waals surface area contributed by atoms with E-state index in [0.29, 0.717) is 12.2 Å². The predicted molar refractivity (Wildman–Crippen MR) is 97.2 cm³/mol. The van der Waals surface area contributed by atoms with E-state index in [-0.39, 0.29) is 12.5 Å². The Morgan fingerprint density at radius 3 is 1.88 bits per heavy atom. The second-order valence-corrected chi connectivity index (χ2v) is 6.02. The molecule has 0 aromatic heterocycles. The van der Waals surface area contributed by atoms with E-state index in [2.05, 4.69) is 17.9 Å². The monoisotopic (exact) mass is 343 g/mol. The third-order valence-electron chi connectivity index (χ3n) is 3.79. The fourth-order valence-corrected chi connectivity index (χ4v) is 2.72. The third-order valence-corrected chi connectivity index (χ3v) is 4.23. The van der Waals surface area contributed by atoms with E-state index in [1.54, 1.807) is 0 Å². The van der Waals surface area contributed by atoms with Crippen LogP contribution in [0.2, 0.25) is 0 Å². The molecule has 0 aliphatic carbocycles. The maximum Gasteiger partial charge on any atom is 0.316 e. The molecular weight excluding hydrogens is 322 g/mol. The van der Waals surface area contributed by atoms with Crippen molar-refractivity contribution in [2.45, 2.75) is 18.9 Å². The topological polar surface area (TPSA) is 66.4 Å². The number of hydrogen-bond donors (Lipinski definition) is 3. The molecule has 0 aliphatic heterocycles. The zero-order valence-corrected chi connectivity index (χ0v) is 14.2. The van der Waals surface area contributed by atoms with Gasteiger partial charge in [0.1, 0.15) is 5.92 Å². The van der Waals surface area contributed by atoms with Crippen molar-refractivity contribution in [2.24, 2.45) is 5.92 Å². The number of hydrogen-bond acceptors (Lipinski definition) is 3. The number of aliphatic carboxylic acids is 1. The summed E-state index contributed by atoms with van der Waals surface area (Å²) in [7, 11) is 0. The van der Waals surface area contributed by atoms with Gasteiger partial charge in [-0.3, -0.25) is 9.59 Å². The molecule has 4 nitrogen and oxygen atoms in total. The molecule has 0 saturated carbocycles. The zero-order valence-electron chi connectivity index (χ0n) is 13.3. The number of amides is 1. The van der Waals surface area contributed by atoms with Crippen molar-refractivity contribution in [1.82, 2.24) is 5.32 Å². The third kappa shape index (κ3) is 5.42. The quantitative estimate of drug-likeness (QED) is 0.510. The van der Waals surface area contributed by atoms with Crippen LogP contribution in [-0.4, -0.2) is 28.8 Å². The summed E-state index contributed by atoms with van der Waals surface area (Å²) in [5.41, 5.74) is 1.90. The van der Waals surface area contributed by atoms with Crippen molar-refractivity contribution in [1.29, 1.82) is 0 Å². The van der Waals surface area contributed by atoms with Crippen LogP contribution in [0.1, 0.15) is 11.1 Å². The summed E-state index contributed by atoms with van der Waals surface area (Å²) < 4.78 is 0. The number of carbonyl (C=O) groups is 2. The maximum absolute atomic E-state index is 12.4. The minimum Gasteiger partial charge on any atom is -0.481 e.